The van der Waals surface area contributed by atoms with Crippen LogP contribution in [0, 0.1) is 0 Å². The zero-order chi connectivity index (χ0) is 14.3. The minimum atomic E-state index is -1.32. The highest BCUT2D eigenvalue weighted by atomic mass is 16.6. The SMILES string of the molecule is O=C([O-])c1ccc(C(=O)[O-])c(CC2CO2)c1CC1CO1. The van der Waals surface area contributed by atoms with Crippen LogP contribution in [0.15, 0.2) is 12.1 Å². The summed E-state index contributed by atoms with van der Waals surface area (Å²) < 4.78 is 10.2. The summed E-state index contributed by atoms with van der Waals surface area (Å²) >= 11 is 0. The van der Waals surface area contributed by atoms with Crippen molar-refractivity contribution >= 4 is 11.9 Å². The average Bonchev–Trinajstić information content (AvgIpc) is 3.24. The minimum Gasteiger partial charge on any atom is -0.545 e. The molecule has 20 heavy (non-hydrogen) atoms. The van der Waals surface area contributed by atoms with Crippen molar-refractivity contribution in [1.29, 1.82) is 0 Å². The molecule has 6 heteroatoms. The lowest BCUT2D eigenvalue weighted by atomic mass is 9.90. The smallest absolute Gasteiger partial charge is 0.0850 e. The Morgan fingerprint density at radius 3 is 1.55 bits per heavy atom. The van der Waals surface area contributed by atoms with Crippen molar-refractivity contribution in [2.75, 3.05) is 13.2 Å². The normalized spacial score (nSPS) is 23.4. The van der Waals surface area contributed by atoms with Gasteiger partial charge in [-0.2, -0.15) is 0 Å². The third-order valence-corrected chi connectivity index (χ3v) is 3.54. The van der Waals surface area contributed by atoms with Gasteiger partial charge in [0.25, 0.3) is 0 Å². The van der Waals surface area contributed by atoms with Gasteiger partial charge in [0.1, 0.15) is 0 Å². The third kappa shape index (κ3) is 2.66. The molecule has 0 aliphatic carbocycles. The van der Waals surface area contributed by atoms with Gasteiger partial charge < -0.3 is 29.3 Å². The van der Waals surface area contributed by atoms with E-state index in [9.17, 15) is 19.8 Å². The number of carboxylic acids is 2. The monoisotopic (exact) mass is 276 g/mol. The molecule has 0 amide bonds. The molecule has 2 saturated heterocycles. The molecule has 0 aromatic heterocycles. The molecule has 2 aliphatic heterocycles. The van der Waals surface area contributed by atoms with E-state index in [0.29, 0.717) is 37.2 Å². The summed E-state index contributed by atoms with van der Waals surface area (Å²) in [5.41, 5.74) is 0.955. The summed E-state index contributed by atoms with van der Waals surface area (Å²) in [6.07, 6.45) is 0.631. The highest BCUT2D eigenvalue weighted by Gasteiger charge is 2.30. The summed E-state index contributed by atoms with van der Waals surface area (Å²) in [5.74, 6) is -2.63. The lowest BCUT2D eigenvalue weighted by Gasteiger charge is -2.19. The van der Waals surface area contributed by atoms with Gasteiger partial charge in [-0.25, -0.2) is 0 Å². The van der Waals surface area contributed by atoms with Gasteiger partial charge in [-0.15, -0.1) is 0 Å². The fourth-order valence-corrected chi connectivity index (χ4v) is 2.37. The molecule has 2 atom stereocenters. The van der Waals surface area contributed by atoms with E-state index in [4.69, 9.17) is 9.47 Å². The number of hydrogen-bond acceptors (Lipinski definition) is 6. The predicted molar refractivity (Wildman–Crippen MR) is 62.0 cm³/mol. The Bertz CT molecular complexity index is 520. The van der Waals surface area contributed by atoms with Crippen molar-refractivity contribution < 1.29 is 29.3 Å². The molecule has 106 valence electrons. The Kier molecular flexibility index (Phi) is 3.19. The number of benzene rings is 1. The van der Waals surface area contributed by atoms with Crippen molar-refractivity contribution in [2.45, 2.75) is 25.0 Å². The first-order valence-corrected chi connectivity index (χ1v) is 6.37. The van der Waals surface area contributed by atoms with Crippen LogP contribution in [0.3, 0.4) is 0 Å². The summed E-state index contributed by atoms with van der Waals surface area (Å²) in [6.45, 7) is 1.11. The van der Waals surface area contributed by atoms with Gasteiger partial charge in [-0.3, -0.25) is 0 Å². The number of ether oxygens (including phenoxy) is 2. The van der Waals surface area contributed by atoms with Crippen LogP contribution < -0.4 is 10.2 Å². The molecule has 3 rings (SSSR count). The van der Waals surface area contributed by atoms with Crippen LogP contribution in [0.4, 0.5) is 0 Å². The van der Waals surface area contributed by atoms with Gasteiger partial charge in [0.15, 0.2) is 0 Å². The molecule has 0 N–H and O–H groups in total. The van der Waals surface area contributed by atoms with Gasteiger partial charge in [-0.1, -0.05) is 12.1 Å². The Balaban J connectivity index is 2.08. The second kappa shape index (κ2) is 4.88. The van der Waals surface area contributed by atoms with Crippen LogP contribution in [-0.4, -0.2) is 37.4 Å². The molecule has 2 unspecified atom stereocenters. The molecule has 0 radical (unpaired) electrons. The van der Waals surface area contributed by atoms with Crippen LogP contribution in [0.25, 0.3) is 0 Å². The van der Waals surface area contributed by atoms with Crippen molar-refractivity contribution in [3.05, 3.63) is 34.4 Å². The van der Waals surface area contributed by atoms with Crippen molar-refractivity contribution in [2.24, 2.45) is 0 Å². The summed E-state index contributed by atoms with van der Waals surface area (Å²) in [5, 5.41) is 22.4. The van der Waals surface area contributed by atoms with Crippen LogP contribution in [0.2, 0.25) is 0 Å². The topological polar surface area (TPSA) is 105 Å². The first-order chi connectivity index (χ1) is 9.56. The van der Waals surface area contributed by atoms with Gasteiger partial charge >= 0.3 is 0 Å². The summed E-state index contributed by atoms with van der Waals surface area (Å²) in [6, 6.07) is 2.52. The quantitative estimate of drug-likeness (QED) is 0.573. The molecular formula is C14H12O6-2. The lowest BCUT2D eigenvalue weighted by Crippen LogP contribution is -2.29. The highest BCUT2D eigenvalue weighted by molar-refractivity contribution is 5.93. The number of rotatable bonds is 6. The summed E-state index contributed by atoms with van der Waals surface area (Å²) in [4.78, 5) is 22.4. The minimum absolute atomic E-state index is 0.0150. The standard InChI is InChI=1S/C14H14O6/c15-13(16)9-1-2-10(14(17)18)12(4-8-6-20-8)11(9)3-7-5-19-7/h1-2,7-8H,3-6H2,(H,15,16)(H,17,18)/p-2. The number of carbonyl (C=O) groups excluding carboxylic acids is 2. The first kappa shape index (κ1) is 13.1. The van der Waals surface area contributed by atoms with Crippen LogP contribution in [0.5, 0.6) is 0 Å². The Labute approximate surface area is 114 Å². The fourth-order valence-electron chi connectivity index (χ4n) is 2.37. The largest absolute Gasteiger partial charge is 0.545 e. The van der Waals surface area contributed by atoms with Gasteiger partial charge in [0.05, 0.1) is 37.4 Å². The molecule has 0 saturated carbocycles. The molecule has 0 spiro atoms. The lowest BCUT2D eigenvalue weighted by molar-refractivity contribution is -0.256. The molecule has 1 aromatic rings. The fraction of sp³-hybridized carbons (Fsp3) is 0.429. The Hall–Kier alpha value is -1.92. The van der Waals surface area contributed by atoms with Crippen LogP contribution >= 0.6 is 0 Å². The van der Waals surface area contributed by atoms with E-state index in [-0.39, 0.29) is 23.3 Å². The van der Waals surface area contributed by atoms with Gasteiger partial charge in [-0.05, 0) is 11.1 Å². The molecular weight excluding hydrogens is 264 g/mol. The molecule has 6 nitrogen and oxygen atoms in total. The zero-order valence-electron chi connectivity index (χ0n) is 10.6. The Morgan fingerprint density at radius 2 is 1.30 bits per heavy atom. The van der Waals surface area contributed by atoms with Crippen molar-refractivity contribution in [3.63, 3.8) is 0 Å². The zero-order valence-corrected chi connectivity index (χ0v) is 10.6. The van der Waals surface area contributed by atoms with E-state index in [1.54, 1.807) is 0 Å². The molecule has 2 fully saturated rings. The predicted octanol–water partition coefficient (Wildman–Crippen LogP) is -1.70. The van der Waals surface area contributed by atoms with Gasteiger partial charge in [0, 0.05) is 24.0 Å². The van der Waals surface area contributed by atoms with E-state index in [2.05, 4.69) is 0 Å². The van der Waals surface area contributed by atoms with Crippen LogP contribution in [0.1, 0.15) is 31.8 Å². The number of carbonyl (C=O) groups is 2. The molecule has 2 aliphatic rings. The maximum atomic E-state index is 11.2. The average molecular weight is 276 g/mol. The van der Waals surface area contributed by atoms with Crippen LogP contribution in [-0.2, 0) is 22.3 Å². The molecule has 0 bridgehead atoms. The van der Waals surface area contributed by atoms with E-state index in [0.717, 1.165) is 0 Å². The van der Waals surface area contributed by atoms with Gasteiger partial charge in [0.2, 0.25) is 0 Å². The number of carboxylic acid groups (broad SMARTS) is 2. The van der Waals surface area contributed by atoms with Crippen molar-refractivity contribution in [1.82, 2.24) is 0 Å². The maximum absolute atomic E-state index is 11.2. The second-order valence-electron chi connectivity index (χ2n) is 5.01. The summed E-state index contributed by atoms with van der Waals surface area (Å²) in [7, 11) is 0. The maximum Gasteiger partial charge on any atom is 0.0850 e. The van der Waals surface area contributed by atoms with E-state index in [1.807, 2.05) is 0 Å². The third-order valence-electron chi connectivity index (χ3n) is 3.54. The number of hydrogen-bond donors (Lipinski definition) is 0. The second-order valence-corrected chi connectivity index (χ2v) is 5.01. The Morgan fingerprint density at radius 1 is 0.950 bits per heavy atom. The number of aromatic carboxylic acids is 2. The number of epoxide rings is 2. The molecule has 1 aromatic carbocycles. The molecule has 2 heterocycles. The van der Waals surface area contributed by atoms with Crippen molar-refractivity contribution in [3.8, 4) is 0 Å². The van der Waals surface area contributed by atoms with E-state index < -0.39 is 11.9 Å². The van der Waals surface area contributed by atoms with E-state index >= 15 is 0 Å². The first-order valence-electron chi connectivity index (χ1n) is 6.37. The highest BCUT2D eigenvalue weighted by Crippen LogP contribution is 2.28. The van der Waals surface area contributed by atoms with E-state index in [1.165, 1.54) is 12.1 Å².